The number of aliphatic hydroxyl groups is 1. The van der Waals surface area contributed by atoms with Crippen molar-refractivity contribution in [3.8, 4) is 0 Å². The van der Waals surface area contributed by atoms with Gasteiger partial charge in [-0.3, -0.25) is 0 Å². The zero-order valence-electron chi connectivity index (χ0n) is 8.16. The molecule has 0 radical (unpaired) electrons. The maximum atomic E-state index is 9.87. The van der Waals surface area contributed by atoms with Crippen molar-refractivity contribution in [1.29, 1.82) is 0 Å². The molecule has 2 aliphatic rings. The highest BCUT2D eigenvalue weighted by atomic mass is 16.5. The molecule has 1 unspecified atom stereocenters. The standard InChI is InChI=1S/C10H18O3/c1-8-4-10(11,5-8)7-13-9-2-3-12-6-9/h8-9,11H,2-7H2,1H3. The van der Waals surface area contributed by atoms with Gasteiger partial charge in [0.25, 0.3) is 0 Å². The van der Waals surface area contributed by atoms with Gasteiger partial charge >= 0.3 is 0 Å². The first kappa shape index (κ1) is 9.44. The zero-order chi connectivity index (χ0) is 9.31. The van der Waals surface area contributed by atoms with Crippen LogP contribution in [0, 0.1) is 5.92 Å². The first-order chi connectivity index (χ1) is 6.18. The predicted molar refractivity (Wildman–Crippen MR) is 48.5 cm³/mol. The van der Waals surface area contributed by atoms with E-state index in [0.29, 0.717) is 19.1 Å². The highest BCUT2D eigenvalue weighted by molar-refractivity contribution is 4.92. The molecule has 13 heavy (non-hydrogen) atoms. The predicted octanol–water partition coefficient (Wildman–Crippen LogP) is 0.953. The first-order valence-electron chi connectivity index (χ1n) is 5.10. The van der Waals surface area contributed by atoms with E-state index in [4.69, 9.17) is 9.47 Å². The third-order valence-corrected chi connectivity index (χ3v) is 2.93. The zero-order valence-corrected chi connectivity index (χ0v) is 8.16. The summed E-state index contributed by atoms with van der Waals surface area (Å²) >= 11 is 0. The highest BCUT2D eigenvalue weighted by Crippen LogP contribution is 2.37. The first-order valence-corrected chi connectivity index (χ1v) is 5.10. The SMILES string of the molecule is CC1CC(O)(COC2CCOC2)C1. The van der Waals surface area contributed by atoms with E-state index in [2.05, 4.69) is 6.92 Å². The molecule has 76 valence electrons. The molecular formula is C10H18O3. The summed E-state index contributed by atoms with van der Waals surface area (Å²) in [6, 6.07) is 0. The Kier molecular flexibility index (Phi) is 2.58. The van der Waals surface area contributed by atoms with Crippen LogP contribution in [-0.4, -0.2) is 36.6 Å². The molecule has 1 heterocycles. The fourth-order valence-electron chi connectivity index (χ4n) is 2.27. The van der Waals surface area contributed by atoms with E-state index >= 15 is 0 Å². The smallest absolute Gasteiger partial charge is 0.0885 e. The number of hydrogen-bond acceptors (Lipinski definition) is 3. The minimum atomic E-state index is -0.526. The lowest BCUT2D eigenvalue weighted by Crippen LogP contribution is -2.47. The van der Waals surface area contributed by atoms with Crippen LogP contribution in [0.25, 0.3) is 0 Å². The van der Waals surface area contributed by atoms with Crippen LogP contribution in [-0.2, 0) is 9.47 Å². The van der Waals surface area contributed by atoms with Crippen molar-refractivity contribution in [1.82, 2.24) is 0 Å². The van der Waals surface area contributed by atoms with Gasteiger partial charge in [-0.2, -0.15) is 0 Å². The van der Waals surface area contributed by atoms with E-state index in [1.165, 1.54) is 0 Å². The average Bonchev–Trinajstić information content (AvgIpc) is 2.50. The van der Waals surface area contributed by atoms with Gasteiger partial charge < -0.3 is 14.6 Å². The number of hydrogen-bond donors (Lipinski definition) is 1. The van der Waals surface area contributed by atoms with Gasteiger partial charge in [0.05, 0.1) is 24.9 Å². The van der Waals surface area contributed by atoms with Crippen LogP contribution >= 0.6 is 0 Å². The van der Waals surface area contributed by atoms with Crippen LogP contribution in [0.5, 0.6) is 0 Å². The molecule has 3 heteroatoms. The molecule has 2 fully saturated rings. The maximum Gasteiger partial charge on any atom is 0.0885 e. The molecule has 1 atom stereocenters. The Hall–Kier alpha value is -0.120. The van der Waals surface area contributed by atoms with Crippen molar-refractivity contribution in [2.24, 2.45) is 5.92 Å². The van der Waals surface area contributed by atoms with E-state index in [9.17, 15) is 5.11 Å². The van der Waals surface area contributed by atoms with E-state index in [1.54, 1.807) is 0 Å². The Bertz CT molecular complexity index is 169. The van der Waals surface area contributed by atoms with E-state index in [1.807, 2.05) is 0 Å². The molecule has 0 spiro atoms. The lowest BCUT2D eigenvalue weighted by atomic mass is 9.72. The van der Waals surface area contributed by atoms with Crippen molar-refractivity contribution < 1.29 is 14.6 Å². The van der Waals surface area contributed by atoms with Crippen molar-refractivity contribution in [3.63, 3.8) is 0 Å². The Morgan fingerprint density at radius 1 is 1.54 bits per heavy atom. The van der Waals surface area contributed by atoms with Crippen LogP contribution < -0.4 is 0 Å². The quantitative estimate of drug-likeness (QED) is 0.713. The largest absolute Gasteiger partial charge is 0.387 e. The topological polar surface area (TPSA) is 38.7 Å². The molecule has 0 aromatic heterocycles. The molecule has 0 amide bonds. The average molecular weight is 186 g/mol. The van der Waals surface area contributed by atoms with Gasteiger partial charge in [-0.15, -0.1) is 0 Å². The van der Waals surface area contributed by atoms with Crippen LogP contribution in [0.1, 0.15) is 26.2 Å². The van der Waals surface area contributed by atoms with E-state index in [-0.39, 0.29) is 6.10 Å². The van der Waals surface area contributed by atoms with Crippen molar-refractivity contribution >= 4 is 0 Å². The molecule has 2 rings (SSSR count). The summed E-state index contributed by atoms with van der Waals surface area (Å²) in [4.78, 5) is 0. The Morgan fingerprint density at radius 2 is 2.31 bits per heavy atom. The minimum absolute atomic E-state index is 0.222. The minimum Gasteiger partial charge on any atom is -0.387 e. The third kappa shape index (κ3) is 2.22. The second kappa shape index (κ2) is 3.56. The van der Waals surface area contributed by atoms with Crippen molar-refractivity contribution in [2.45, 2.75) is 37.9 Å². The van der Waals surface area contributed by atoms with Gasteiger partial charge in [0.1, 0.15) is 0 Å². The van der Waals surface area contributed by atoms with Gasteiger partial charge in [0.15, 0.2) is 0 Å². The van der Waals surface area contributed by atoms with Gasteiger partial charge in [0.2, 0.25) is 0 Å². The summed E-state index contributed by atoms with van der Waals surface area (Å²) in [6.07, 6.45) is 2.98. The summed E-state index contributed by atoms with van der Waals surface area (Å²) in [6.45, 7) is 4.16. The van der Waals surface area contributed by atoms with Gasteiger partial charge in [0, 0.05) is 6.61 Å². The Labute approximate surface area is 79.0 Å². The highest BCUT2D eigenvalue weighted by Gasteiger charge is 2.40. The fourth-order valence-corrected chi connectivity index (χ4v) is 2.27. The summed E-state index contributed by atoms with van der Waals surface area (Å²) in [5.74, 6) is 0.661. The summed E-state index contributed by atoms with van der Waals surface area (Å²) in [7, 11) is 0. The fraction of sp³-hybridized carbons (Fsp3) is 1.00. The van der Waals surface area contributed by atoms with E-state index in [0.717, 1.165) is 25.9 Å². The summed E-state index contributed by atoms with van der Waals surface area (Å²) in [5.41, 5.74) is -0.526. The van der Waals surface area contributed by atoms with Crippen LogP contribution in [0.3, 0.4) is 0 Å². The Balaban J connectivity index is 1.67. The van der Waals surface area contributed by atoms with Crippen molar-refractivity contribution in [2.75, 3.05) is 19.8 Å². The molecular weight excluding hydrogens is 168 g/mol. The molecule has 0 aromatic carbocycles. The second-order valence-corrected chi connectivity index (χ2v) is 4.53. The van der Waals surface area contributed by atoms with Crippen LogP contribution in [0.15, 0.2) is 0 Å². The van der Waals surface area contributed by atoms with E-state index < -0.39 is 5.60 Å². The summed E-state index contributed by atoms with van der Waals surface area (Å²) < 4.78 is 10.8. The summed E-state index contributed by atoms with van der Waals surface area (Å²) in [5, 5.41) is 9.87. The second-order valence-electron chi connectivity index (χ2n) is 4.53. The van der Waals surface area contributed by atoms with Crippen LogP contribution in [0.2, 0.25) is 0 Å². The maximum absolute atomic E-state index is 9.87. The number of rotatable bonds is 3. The van der Waals surface area contributed by atoms with Gasteiger partial charge in [-0.25, -0.2) is 0 Å². The van der Waals surface area contributed by atoms with Gasteiger partial charge in [-0.1, -0.05) is 6.92 Å². The third-order valence-electron chi connectivity index (χ3n) is 2.93. The molecule has 0 aromatic rings. The van der Waals surface area contributed by atoms with Crippen molar-refractivity contribution in [3.05, 3.63) is 0 Å². The molecule has 1 saturated carbocycles. The molecule has 1 aliphatic heterocycles. The lowest BCUT2D eigenvalue weighted by Gasteiger charge is -2.42. The normalized spacial score (nSPS) is 44.8. The molecule has 1 saturated heterocycles. The molecule has 1 aliphatic carbocycles. The number of ether oxygens (including phenoxy) is 2. The monoisotopic (exact) mass is 186 g/mol. The molecule has 3 nitrogen and oxygen atoms in total. The van der Waals surface area contributed by atoms with Crippen LogP contribution in [0.4, 0.5) is 0 Å². The Morgan fingerprint density at radius 3 is 2.85 bits per heavy atom. The molecule has 1 N–H and O–H groups in total. The lowest BCUT2D eigenvalue weighted by molar-refractivity contribution is -0.134. The molecule has 0 bridgehead atoms. The van der Waals surface area contributed by atoms with Gasteiger partial charge in [-0.05, 0) is 25.2 Å².